The third-order valence-corrected chi connectivity index (χ3v) is 2.30. The number of hydrogen-bond donors (Lipinski definition) is 1. The van der Waals surface area contributed by atoms with Gasteiger partial charge >= 0.3 is 5.97 Å². The number of esters is 1. The molecule has 0 spiro atoms. The van der Waals surface area contributed by atoms with Crippen LogP contribution in [-0.4, -0.2) is 18.2 Å². The minimum absolute atomic E-state index is 0.0550. The van der Waals surface area contributed by atoms with Gasteiger partial charge < -0.3 is 9.84 Å². The molecule has 0 aliphatic carbocycles. The molecule has 1 N–H and O–H groups in total. The molecule has 0 saturated heterocycles. The summed E-state index contributed by atoms with van der Waals surface area (Å²) < 4.78 is 4.63. The molecule has 76 valence electrons. The van der Waals surface area contributed by atoms with Crippen LogP contribution in [0.1, 0.15) is 10.4 Å². The highest BCUT2D eigenvalue weighted by Gasteiger charge is 2.14. The number of aromatic hydroxyl groups is 1. The smallest absolute Gasteiger partial charge is 0.342 e. The fourth-order valence-corrected chi connectivity index (χ4v) is 1.58. The van der Waals surface area contributed by atoms with E-state index in [1.54, 1.807) is 12.1 Å². The summed E-state index contributed by atoms with van der Waals surface area (Å²) in [6.07, 6.45) is 0. The fraction of sp³-hybridized carbons (Fsp3) is 0.0833. The van der Waals surface area contributed by atoms with Gasteiger partial charge in [-0.3, -0.25) is 0 Å². The van der Waals surface area contributed by atoms with E-state index in [1.807, 2.05) is 18.2 Å². The van der Waals surface area contributed by atoms with Gasteiger partial charge in [-0.2, -0.15) is 0 Å². The van der Waals surface area contributed by atoms with Gasteiger partial charge in [-0.15, -0.1) is 0 Å². The van der Waals surface area contributed by atoms with Crippen LogP contribution in [0.25, 0.3) is 10.8 Å². The van der Waals surface area contributed by atoms with Crippen LogP contribution >= 0.6 is 0 Å². The van der Waals surface area contributed by atoms with Crippen molar-refractivity contribution in [2.24, 2.45) is 0 Å². The second-order valence-corrected chi connectivity index (χ2v) is 3.17. The first-order chi connectivity index (χ1) is 7.24. The second kappa shape index (κ2) is 3.61. The molecule has 0 amide bonds. The quantitative estimate of drug-likeness (QED) is 0.722. The highest BCUT2D eigenvalue weighted by Crippen LogP contribution is 2.27. The van der Waals surface area contributed by atoms with Crippen LogP contribution in [0.5, 0.6) is 5.75 Å². The molecule has 0 unspecified atom stereocenters. The van der Waals surface area contributed by atoms with Gasteiger partial charge in [-0.1, -0.05) is 30.3 Å². The molecule has 2 rings (SSSR count). The molecule has 0 heterocycles. The number of fused-ring (bicyclic) bond motifs is 1. The molecule has 0 radical (unpaired) electrons. The lowest BCUT2D eigenvalue weighted by molar-refractivity contribution is 0.0600. The van der Waals surface area contributed by atoms with E-state index in [0.717, 1.165) is 5.39 Å². The van der Waals surface area contributed by atoms with Crippen LogP contribution in [0.3, 0.4) is 0 Å². The molecule has 2 aromatic carbocycles. The Morgan fingerprint density at radius 2 is 1.93 bits per heavy atom. The van der Waals surface area contributed by atoms with Gasteiger partial charge in [0.25, 0.3) is 0 Å². The van der Waals surface area contributed by atoms with Crippen molar-refractivity contribution in [3.8, 4) is 5.75 Å². The number of phenols is 1. The Morgan fingerprint density at radius 3 is 2.67 bits per heavy atom. The molecule has 3 heteroatoms. The van der Waals surface area contributed by atoms with Crippen LogP contribution in [0, 0.1) is 0 Å². The first-order valence-electron chi connectivity index (χ1n) is 4.53. The molecular weight excluding hydrogens is 192 g/mol. The Kier molecular flexibility index (Phi) is 2.29. The van der Waals surface area contributed by atoms with Crippen LogP contribution < -0.4 is 0 Å². The summed E-state index contributed by atoms with van der Waals surface area (Å²) in [6.45, 7) is 0. The van der Waals surface area contributed by atoms with E-state index in [0.29, 0.717) is 5.39 Å². The van der Waals surface area contributed by atoms with Crippen LogP contribution in [0.15, 0.2) is 36.4 Å². The molecular formula is C12H10O3. The summed E-state index contributed by atoms with van der Waals surface area (Å²) in [5.74, 6) is -0.579. The Morgan fingerprint density at radius 1 is 1.20 bits per heavy atom. The van der Waals surface area contributed by atoms with Gasteiger partial charge in [0.05, 0.1) is 7.11 Å². The van der Waals surface area contributed by atoms with Crippen molar-refractivity contribution in [2.45, 2.75) is 0 Å². The van der Waals surface area contributed by atoms with Crippen LogP contribution in [0.2, 0.25) is 0 Å². The Labute approximate surface area is 86.9 Å². The predicted molar refractivity (Wildman–Crippen MR) is 57.0 cm³/mol. The van der Waals surface area contributed by atoms with E-state index in [9.17, 15) is 9.90 Å². The normalized spacial score (nSPS) is 10.2. The van der Waals surface area contributed by atoms with Gasteiger partial charge in [0.15, 0.2) is 0 Å². The van der Waals surface area contributed by atoms with Gasteiger partial charge in [0.1, 0.15) is 11.3 Å². The van der Waals surface area contributed by atoms with Gasteiger partial charge in [-0.05, 0) is 16.8 Å². The number of ether oxygens (including phenoxy) is 1. The lowest BCUT2D eigenvalue weighted by Gasteiger charge is -2.06. The van der Waals surface area contributed by atoms with Crippen LogP contribution in [-0.2, 0) is 4.74 Å². The molecule has 0 atom stereocenters. The predicted octanol–water partition coefficient (Wildman–Crippen LogP) is 2.33. The Bertz CT molecular complexity index is 517. The maximum absolute atomic E-state index is 11.5. The van der Waals surface area contributed by atoms with Crippen molar-refractivity contribution in [2.75, 3.05) is 7.11 Å². The highest BCUT2D eigenvalue weighted by atomic mass is 16.5. The van der Waals surface area contributed by atoms with Gasteiger partial charge in [0.2, 0.25) is 0 Å². The molecule has 0 fully saturated rings. The number of carbonyl (C=O) groups is 1. The van der Waals surface area contributed by atoms with E-state index in [1.165, 1.54) is 13.2 Å². The number of hydrogen-bond acceptors (Lipinski definition) is 3. The van der Waals surface area contributed by atoms with Crippen molar-refractivity contribution < 1.29 is 14.6 Å². The minimum Gasteiger partial charge on any atom is -0.507 e. The summed E-state index contributed by atoms with van der Waals surface area (Å²) in [4.78, 5) is 11.5. The highest BCUT2D eigenvalue weighted by molar-refractivity contribution is 6.06. The summed E-state index contributed by atoms with van der Waals surface area (Å²) in [5.41, 5.74) is 0.218. The molecule has 0 aromatic heterocycles. The zero-order valence-corrected chi connectivity index (χ0v) is 8.23. The number of methoxy groups -OCH3 is 1. The molecule has 2 aromatic rings. The van der Waals surface area contributed by atoms with Crippen molar-refractivity contribution >= 4 is 16.7 Å². The van der Waals surface area contributed by atoms with E-state index in [4.69, 9.17) is 0 Å². The molecule has 0 aliphatic heterocycles. The third-order valence-electron chi connectivity index (χ3n) is 2.30. The number of rotatable bonds is 1. The Hall–Kier alpha value is -2.03. The summed E-state index contributed by atoms with van der Waals surface area (Å²) >= 11 is 0. The summed E-state index contributed by atoms with van der Waals surface area (Å²) in [6, 6.07) is 10.6. The number of phenolic OH excluding ortho intramolecular Hbond substituents is 1. The molecule has 15 heavy (non-hydrogen) atoms. The van der Waals surface area contributed by atoms with Crippen molar-refractivity contribution in [3.63, 3.8) is 0 Å². The first-order valence-corrected chi connectivity index (χ1v) is 4.53. The summed E-state index contributed by atoms with van der Waals surface area (Å²) in [7, 11) is 1.30. The van der Waals surface area contributed by atoms with Gasteiger partial charge in [0, 0.05) is 0 Å². The van der Waals surface area contributed by atoms with E-state index in [2.05, 4.69) is 4.74 Å². The third kappa shape index (κ3) is 1.52. The maximum Gasteiger partial charge on any atom is 0.342 e. The van der Waals surface area contributed by atoms with E-state index in [-0.39, 0.29) is 11.3 Å². The SMILES string of the molecule is COC(=O)c1c(O)ccc2ccccc12. The van der Waals surface area contributed by atoms with Crippen molar-refractivity contribution in [1.82, 2.24) is 0 Å². The molecule has 0 aliphatic rings. The minimum atomic E-state index is -0.524. The maximum atomic E-state index is 11.5. The average Bonchev–Trinajstić information content (AvgIpc) is 2.28. The van der Waals surface area contributed by atoms with Gasteiger partial charge in [-0.25, -0.2) is 4.79 Å². The van der Waals surface area contributed by atoms with Crippen LogP contribution in [0.4, 0.5) is 0 Å². The molecule has 3 nitrogen and oxygen atoms in total. The van der Waals surface area contributed by atoms with Crippen molar-refractivity contribution in [1.29, 1.82) is 0 Å². The van der Waals surface area contributed by atoms with E-state index < -0.39 is 5.97 Å². The summed E-state index contributed by atoms with van der Waals surface area (Å²) in [5, 5.41) is 11.2. The zero-order chi connectivity index (χ0) is 10.8. The lowest BCUT2D eigenvalue weighted by atomic mass is 10.0. The topological polar surface area (TPSA) is 46.5 Å². The second-order valence-electron chi connectivity index (χ2n) is 3.17. The monoisotopic (exact) mass is 202 g/mol. The molecule has 0 bridgehead atoms. The standard InChI is InChI=1S/C12H10O3/c1-15-12(14)11-9-5-3-2-4-8(9)6-7-10(11)13/h2-7,13H,1H3. The average molecular weight is 202 g/mol. The van der Waals surface area contributed by atoms with Crippen molar-refractivity contribution in [3.05, 3.63) is 42.0 Å². The number of benzene rings is 2. The fourth-order valence-electron chi connectivity index (χ4n) is 1.58. The first kappa shape index (κ1) is 9.52. The number of carbonyl (C=O) groups excluding carboxylic acids is 1. The largest absolute Gasteiger partial charge is 0.507 e. The lowest BCUT2D eigenvalue weighted by Crippen LogP contribution is -2.02. The zero-order valence-electron chi connectivity index (χ0n) is 8.23. The van der Waals surface area contributed by atoms with E-state index >= 15 is 0 Å². The Balaban J connectivity index is 2.79. The molecule has 0 saturated carbocycles.